The van der Waals surface area contributed by atoms with Gasteiger partial charge in [0.2, 0.25) is 10.0 Å². The lowest BCUT2D eigenvalue weighted by Crippen LogP contribution is -2.28. The number of nitrogens with one attached hydrogen (secondary N) is 1. The fraction of sp³-hybridized carbons (Fsp3) is 0.278. The van der Waals surface area contributed by atoms with E-state index in [2.05, 4.69) is 5.32 Å². The predicted octanol–water partition coefficient (Wildman–Crippen LogP) is 4.15. The summed E-state index contributed by atoms with van der Waals surface area (Å²) < 4.78 is 40.4. The van der Waals surface area contributed by atoms with Gasteiger partial charge in [0.25, 0.3) is 5.91 Å². The maximum Gasteiger partial charge on any atom is 0.258 e. The van der Waals surface area contributed by atoms with Crippen molar-refractivity contribution < 1.29 is 17.6 Å². The number of hydrogen-bond donors (Lipinski definition) is 1. The van der Waals surface area contributed by atoms with Crippen LogP contribution in [0.4, 0.5) is 10.1 Å². The quantitative estimate of drug-likeness (QED) is 0.761. The molecule has 26 heavy (non-hydrogen) atoms. The standard InChI is InChI=1S/C18H20ClFN2O3S/c1-3-4-11-22(2)26(24,25)15-9-10-17(20)16(12-15)18(23)21-14-7-5-13(19)6-8-14/h5-10,12H,3-4,11H2,1-2H3,(H,21,23). The second-order valence-electron chi connectivity index (χ2n) is 5.78. The Kier molecular flexibility index (Phi) is 6.75. The molecule has 0 saturated heterocycles. The summed E-state index contributed by atoms with van der Waals surface area (Å²) in [5.41, 5.74) is 0.0806. The Morgan fingerprint density at radius 3 is 2.46 bits per heavy atom. The minimum Gasteiger partial charge on any atom is -0.322 e. The summed E-state index contributed by atoms with van der Waals surface area (Å²) >= 11 is 5.78. The average Bonchev–Trinajstić information content (AvgIpc) is 2.61. The van der Waals surface area contributed by atoms with Crippen molar-refractivity contribution in [2.75, 3.05) is 18.9 Å². The van der Waals surface area contributed by atoms with Gasteiger partial charge in [-0.05, 0) is 48.9 Å². The van der Waals surface area contributed by atoms with Crippen LogP contribution in [0.15, 0.2) is 47.4 Å². The lowest BCUT2D eigenvalue weighted by Gasteiger charge is -2.17. The Balaban J connectivity index is 2.28. The van der Waals surface area contributed by atoms with Gasteiger partial charge in [-0.15, -0.1) is 0 Å². The number of carbonyl (C=O) groups excluding carboxylic acids is 1. The average molecular weight is 399 g/mol. The summed E-state index contributed by atoms with van der Waals surface area (Å²) in [5.74, 6) is -1.54. The predicted molar refractivity (Wildman–Crippen MR) is 101 cm³/mol. The molecule has 5 nitrogen and oxygen atoms in total. The molecule has 0 saturated carbocycles. The van der Waals surface area contributed by atoms with Crippen LogP contribution in [0.1, 0.15) is 30.1 Å². The second kappa shape index (κ2) is 8.62. The third-order valence-electron chi connectivity index (χ3n) is 3.82. The van der Waals surface area contributed by atoms with Gasteiger partial charge >= 0.3 is 0 Å². The van der Waals surface area contributed by atoms with E-state index in [1.165, 1.54) is 11.4 Å². The molecule has 0 radical (unpaired) electrons. The minimum absolute atomic E-state index is 0.126. The second-order valence-corrected chi connectivity index (χ2v) is 8.26. The number of halogens is 2. The minimum atomic E-state index is -3.79. The summed E-state index contributed by atoms with van der Waals surface area (Å²) in [6.45, 7) is 2.31. The zero-order chi connectivity index (χ0) is 19.3. The van der Waals surface area contributed by atoms with Gasteiger partial charge in [0.05, 0.1) is 10.5 Å². The van der Waals surface area contributed by atoms with Crippen molar-refractivity contribution in [3.63, 3.8) is 0 Å². The number of nitrogens with zero attached hydrogens (tertiary/aromatic N) is 1. The first-order chi connectivity index (χ1) is 12.3. The van der Waals surface area contributed by atoms with E-state index < -0.39 is 21.7 Å². The third kappa shape index (κ3) is 4.81. The number of rotatable bonds is 7. The lowest BCUT2D eigenvalue weighted by atomic mass is 10.2. The normalized spacial score (nSPS) is 11.6. The van der Waals surface area contributed by atoms with Gasteiger partial charge in [0, 0.05) is 24.3 Å². The number of anilines is 1. The molecule has 0 aliphatic carbocycles. The fourth-order valence-electron chi connectivity index (χ4n) is 2.25. The molecule has 140 valence electrons. The molecule has 0 bridgehead atoms. The molecule has 2 aromatic carbocycles. The molecule has 0 atom stereocenters. The first kappa shape index (κ1) is 20.4. The largest absolute Gasteiger partial charge is 0.322 e. The van der Waals surface area contributed by atoms with E-state index in [1.54, 1.807) is 24.3 Å². The van der Waals surface area contributed by atoms with E-state index in [1.807, 2.05) is 6.92 Å². The van der Waals surface area contributed by atoms with Gasteiger partial charge in [-0.1, -0.05) is 24.9 Å². The van der Waals surface area contributed by atoms with Gasteiger partial charge < -0.3 is 5.32 Å². The number of hydrogen-bond acceptors (Lipinski definition) is 3. The zero-order valence-electron chi connectivity index (χ0n) is 14.5. The van der Waals surface area contributed by atoms with E-state index >= 15 is 0 Å². The van der Waals surface area contributed by atoms with Crippen LogP contribution in [0.5, 0.6) is 0 Å². The summed E-state index contributed by atoms with van der Waals surface area (Å²) in [7, 11) is -2.33. The molecule has 0 aliphatic heterocycles. The maximum absolute atomic E-state index is 14.1. The van der Waals surface area contributed by atoms with Gasteiger partial charge in [-0.25, -0.2) is 17.1 Å². The van der Waals surface area contributed by atoms with Gasteiger partial charge in [0.1, 0.15) is 5.82 Å². The lowest BCUT2D eigenvalue weighted by molar-refractivity contribution is 0.102. The Labute approximate surface area is 157 Å². The van der Waals surface area contributed by atoms with Crippen LogP contribution < -0.4 is 5.32 Å². The molecule has 0 spiro atoms. The van der Waals surface area contributed by atoms with Crippen molar-refractivity contribution in [3.05, 3.63) is 58.9 Å². The number of sulfonamides is 1. The number of amides is 1. The van der Waals surface area contributed by atoms with Crippen molar-refractivity contribution in [1.29, 1.82) is 0 Å². The Morgan fingerprint density at radius 1 is 1.19 bits per heavy atom. The van der Waals surface area contributed by atoms with Crippen LogP contribution >= 0.6 is 11.6 Å². The summed E-state index contributed by atoms with van der Waals surface area (Å²) in [5, 5.41) is 3.02. The number of carbonyl (C=O) groups is 1. The van der Waals surface area contributed by atoms with Crippen LogP contribution in [0.2, 0.25) is 5.02 Å². The molecule has 2 aromatic rings. The number of unbranched alkanes of at least 4 members (excludes halogenated alkanes) is 1. The van der Waals surface area contributed by atoms with Crippen molar-refractivity contribution in [3.8, 4) is 0 Å². The SMILES string of the molecule is CCCCN(C)S(=O)(=O)c1ccc(F)c(C(=O)Nc2ccc(Cl)cc2)c1. The van der Waals surface area contributed by atoms with Crippen LogP contribution in [-0.4, -0.2) is 32.2 Å². The van der Waals surface area contributed by atoms with Crippen molar-refractivity contribution in [1.82, 2.24) is 4.31 Å². The molecule has 8 heteroatoms. The molecular weight excluding hydrogens is 379 g/mol. The van der Waals surface area contributed by atoms with Gasteiger partial charge in [0.15, 0.2) is 0 Å². The molecule has 0 unspecified atom stereocenters. The van der Waals surface area contributed by atoms with E-state index in [0.29, 0.717) is 23.7 Å². The molecule has 0 aromatic heterocycles. The molecule has 0 fully saturated rings. The number of benzene rings is 2. The van der Waals surface area contributed by atoms with Crippen LogP contribution in [0.3, 0.4) is 0 Å². The monoisotopic (exact) mass is 398 g/mol. The first-order valence-electron chi connectivity index (χ1n) is 8.08. The van der Waals surface area contributed by atoms with Crippen molar-refractivity contribution in [2.24, 2.45) is 0 Å². The highest BCUT2D eigenvalue weighted by atomic mass is 35.5. The van der Waals surface area contributed by atoms with E-state index in [9.17, 15) is 17.6 Å². The van der Waals surface area contributed by atoms with Gasteiger partial charge in [-0.2, -0.15) is 0 Å². The highest BCUT2D eigenvalue weighted by Crippen LogP contribution is 2.21. The molecule has 0 heterocycles. The van der Waals surface area contributed by atoms with Crippen molar-refractivity contribution >= 4 is 33.2 Å². The van der Waals surface area contributed by atoms with Crippen LogP contribution in [-0.2, 0) is 10.0 Å². The van der Waals surface area contributed by atoms with E-state index in [0.717, 1.165) is 24.6 Å². The smallest absolute Gasteiger partial charge is 0.258 e. The first-order valence-corrected chi connectivity index (χ1v) is 9.90. The Morgan fingerprint density at radius 2 is 1.85 bits per heavy atom. The molecule has 1 amide bonds. The summed E-state index contributed by atoms with van der Waals surface area (Å²) in [4.78, 5) is 12.2. The molecular formula is C18H20ClFN2O3S. The fourth-order valence-corrected chi connectivity index (χ4v) is 3.61. The summed E-state index contributed by atoms with van der Waals surface area (Å²) in [6, 6.07) is 9.49. The Bertz CT molecular complexity index is 886. The molecule has 1 N–H and O–H groups in total. The van der Waals surface area contributed by atoms with Crippen LogP contribution in [0.25, 0.3) is 0 Å². The highest BCUT2D eigenvalue weighted by molar-refractivity contribution is 7.89. The van der Waals surface area contributed by atoms with Crippen molar-refractivity contribution in [2.45, 2.75) is 24.7 Å². The zero-order valence-corrected chi connectivity index (χ0v) is 16.1. The summed E-state index contributed by atoms with van der Waals surface area (Å²) in [6.07, 6.45) is 1.55. The van der Waals surface area contributed by atoms with E-state index in [4.69, 9.17) is 11.6 Å². The highest BCUT2D eigenvalue weighted by Gasteiger charge is 2.23. The van der Waals surface area contributed by atoms with Gasteiger partial charge in [-0.3, -0.25) is 4.79 Å². The third-order valence-corrected chi connectivity index (χ3v) is 5.92. The van der Waals surface area contributed by atoms with Crippen LogP contribution in [0, 0.1) is 5.82 Å². The maximum atomic E-state index is 14.1. The topological polar surface area (TPSA) is 66.5 Å². The van der Waals surface area contributed by atoms with E-state index in [-0.39, 0.29) is 10.5 Å². The molecule has 0 aliphatic rings. The Hall–Kier alpha value is -1.96. The molecule has 2 rings (SSSR count).